The molecule has 74 valence electrons. The Bertz CT molecular complexity index is 370. The van der Waals surface area contributed by atoms with Gasteiger partial charge in [0.1, 0.15) is 5.82 Å². The summed E-state index contributed by atoms with van der Waals surface area (Å²) in [5.74, 6) is -1.40. The van der Waals surface area contributed by atoms with Gasteiger partial charge in [0.2, 0.25) is 0 Å². The van der Waals surface area contributed by atoms with E-state index in [0.717, 1.165) is 0 Å². The lowest BCUT2D eigenvalue weighted by Crippen LogP contribution is -1.99. The van der Waals surface area contributed by atoms with Crippen LogP contribution in [0.4, 0.5) is 4.39 Å². The number of hydrogen-bond donors (Lipinski definition) is 1. The first kappa shape index (κ1) is 10.4. The van der Waals surface area contributed by atoms with E-state index in [-0.39, 0.29) is 11.4 Å². The van der Waals surface area contributed by atoms with Gasteiger partial charge < -0.3 is 5.11 Å². The lowest BCUT2D eigenvalue weighted by atomic mass is 10.1. The molecule has 0 spiro atoms. The summed E-state index contributed by atoms with van der Waals surface area (Å²) in [5, 5.41) is 8.69. The minimum absolute atomic E-state index is 0.117. The molecule has 0 saturated carbocycles. The second-order valence-corrected chi connectivity index (χ2v) is 2.88. The number of halogens is 1. The lowest BCUT2D eigenvalue weighted by molar-refractivity contribution is 0.0696. The number of carboxylic acid groups (broad SMARTS) is 1. The average molecular weight is 194 g/mol. The molecular weight excluding hydrogens is 183 g/mol. The molecule has 0 aliphatic rings. The van der Waals surface area contributed by atoms with Crippen LogP contribution in [-0.2, 0) is 6.42 Å². The fourth-order valence-corrected chi connectivity index (χ4v) is 1.11. The number of benzene rings is 1. The Balaban J connectivity index is 3.01. The number of carboxylic acids is 1. The molecule has 0 atom stereocenters. The van der Waals surface area contributed by atoms with Crippen molar-refractivity contribution in [3.05, 3.63) is 47.3 Å². The van der Waals surface area contributed by atoms with E-state index in [2.05, 4.69) is 0 Å². The first-order valence-electron chi connectivity index (χ1n) is 4.28. The van der Waals surface area contributed by atoms with Gasteiger partial charge in [-0.3, -0.25) is 0 Å². The predicted octanol–water partition coefficient (Wildman–Crippen LogP) is 2.64. The van der Waals surface area contributed by atoms with Crippen LogP contribution in [0, 0.1) is 5.82 Å². The molecule has 0 saturated heterocycles. The molecule has 0 amide bonds. The Morgan fingerprint density at radius 2 is 2.29 bits per heavy atom. The molecule has 1 rings (SSSR count). The van der Waals surface area contributed by atoms with Gasteiger partial charge in [-0.05, 0) is 37.1 Å². The maximum atomic E-state index is 13.1. The zero-order valence-electron chi connectivity index (χ0n) is 7.83. The van der Waals surface area contributed by atoms with Crippen LogP contribution in [0.25, 0.3) is 0 Å². The highest BCUT2D eigenvalue weighted by atomic mass is 19.1. The third-order valence-electron chi connectivity index (χ3n) is 1.87. The Hall–Kier alpha value is -1.64. The lowest BCUT2D eigenvalue weighted by Gasteiger charge is -2.01. The molecule has 0 aromatic heterocycles. The fourth-order valence-electron chi connectivity index (χ4n) is 1.11. The predicted molar refractivity (Wildman–Crippen MR) is 51.9 cm³/mol. The number of aromatic carboxylic acids is 1. The Kier molecular flexibility index (Phi) is 3.40. The van der Waals surface area contributed by atoms with Gasteiger partial charge in [0.05, 0.1) is 5.56 Å². The minimum atomic E-state index is -1.04. The van der Waals surface area contributed by atoms with Crippen LogP contribution in [0.15, 0.2) is 30.4 Å². The summed E-state index contributed by atoms with van der Waals surface area (Å²) in [6.07, 6.45) is 4.00. The summed E-state index contributed by atoms with van der Waals surface area (Å²) < 4.78 is 13.1. The molecule has 1 aromatic carbocycles. The van der Waals surface area contributed by atoms with E-state index in [1.54, 1.807) is 12.2 Å². The summed E-state index contributed by atoms with van der Waals surface area (Å²) in [5.41, 5.74) is 0.522. The molecular formula is C11H11FO2. The normalized spacial score (nSPS) is 10.7. The molecule has 0 heterocycles. The molecule has 0 fully saturated rings. The van der Waals surface area contributed by atoms with Gasteiger partial charge in [0.25, 0.3) is 0 Å². The standard InChI is InChI=1S/C11H11FO2/c1-2-3-4-8-7-9(11(13)14)5-6-10(8)12/h2-3,5-7H,4H2,1H3,(H,13,14). The van der Waals surface area contributed by atoms with Gasteiger partial charge in [-0.1, -0.05) is 12.2 Å². The molecule has 3 heteroatoms. The van der Waals surface area contributed by atoms with Crippen molar-refractivity contribution in [2.45, 2.75) is 13.3 Å². The number of carbonyl (C=O) groups is 1. The largest absolute Gasteiger partial charge is 0.478 e. The topological polar surface area (TPSA) is 37.3 Å². The van der Waals surface area contributed by atoms with Crippen molar-refractivity contribution < 1.29 is 14.3 Å². The van der Waals surface area contributed by atoms with Crippen molar-refractivity contribution in [2.75, 3.05) is 0 Å². The zero-order valence-corrected chi connectivity index (χ0v) is 7.83. The van der Waals surface area contributed by atoms with Gasteiger partial charge >= 0.3 is 5.97 Å². The number of hydrogen-bond acceptors (Lipinski definition) is 1. The van der Waals surface area contributed by atoms with Crippen LogP contribution < -0.4 is 0 Å². The highest BCUT2D eigenvalue weighted by molar-refractivity contribution is 5.87. The fraction of sp³-hybridized carbons (Fsp3) is 0.182. The van der Waals surface area contributed by atoms with Gasteiger partial charge in [-0.25, -0.2) is 9.18 Å². The Morgan fingerprint density at radius 3 is 2.86 bits per heavy atom. The van der Waals surface area contributed by atoms with E-state index in [1.807, 2.05) is 6.92 Å². The van der Waals surface area contributed by atoms with Crippen molar-refractivity contribution in [1.29, 1.82) is 0 Å². The molecule has 0 radical (unpaired) electrons. The second-order valence-electron chi connectivity index (χ2n) is 2.88. The maximum absolute atomic E-state index is 13.1. The zero-order chi connectivity index (χ0) is 10.6. The molecule has 14 heavy (non-hydrogen) atoms. The van der Waals surface area contributed by atoms with E-state index in [1.165, 1.54) is 18.2 Å². The Morgan fingerprint density at radius 1 is 1.57 bits per heavy atom. The van der Waals surface area contributed by atoms with Crippen LogP contribution in [0.3, 0.4) is 0 Å². The van der Waals surface area contributed by atoms with Crippen molar-refractivity contribution in [3.8, 4) is 0 Å². The van der Waals surface area contributed by atoms with Crippen LogP contribution >= 0.6 is 0 Å². The van der Waals surface area contributed by atoms with Gasteiger partial charge in [-0.2, -0.15) is 0 Å². The summed E-state index contributed by atoms with van der Waals surface area (Å²) in [7, 11) is 0. The van der Waals surface area contributed by atoms with Crippen LogP contribution in [-0.4, -0.2) is 11.1 Å². The maximum Gasteiger partial charge on any atom is 0.335 e. The highest BCUT2D eigenvalue weighted by Crippen LogP contribution is 2.11. The molecule has 0 aliphatic carbocycles. The summed E-state index contributed by atoms with van der Waals surface area (Å²) in [4.78, 5) is 10.6. The second kappa shape index (κ2) is 4.56. The summed E-state index contributed by atoms with van der Waals surface area (Å²) in [6, 6.07) is 3.80. The minimum Gasteiger partial charge on any atom is -0.478 e. The summed E-state index contributed by atoms with van der Waals surface area (Å²) >= 11 is 0. The smallest absolute Gasteiger partial charge is 0.335 e. The molecule has 1 aromatic rings. The van der Waals surface area contributed by atoms with Crippen LogP contribution in [0.1, 0.15) is 22.8 Å². The third-order valence-corrected chi connectivity index (χ3v) is 1.87. The SMILES string of the molecule is CC=CCc1cc(C(=O)O)ccc1F. The van der Waals surface area contributed by atoms with Crippen LogP contribution in [0.5, 0.6) is 0 Å². The molecule has 1 N–H and O–H groups in total. The van der Waals surface area contributed by atoms with Gasteiger partial charge in [0, 0.05) is 0 Å². The van der Waals surface area contributed by atoms with Crippen LogP contribution in [0.2, 0.25) is 0 Å². The molecule has 2 nitrogen and oxygen atoms in total. The van der Waals surface area contributed by atoms with Crippen molar-refractivity contribution in [3.63, 3.8) is 0 Å². The molecule has 0 unspecified atom stereocenters. The first-order valence-corrected chi connectivity index (χ1v) is 4.28. The molecule has 0 aliphatic heterocycles. The van der Waals surface area contributed by atoms with E-state index in [9.17, 15) is 9.18 Å². The van der Waals surface area contributed by atoms with Crippen molar-refractivity contribution in [2.24, 2.45) is 0 Å². The van der Waals surface area contributed by atoms with Gasteiger partial charge in [0.15, 0.2) is 0 Å². The van der Waals surface area contributed by atoms with Crippen molar-refractivity contribution >= 4 is 5.97 Å². The molecule has 0 bridgehead atoms. The first-order chi connectivity index (χ1) is 6.65. The quantitative estimate of drug-likeness (QED) is 0.751. The number of rotatable bonds is 3. The number of allylic oxidation sites excluding steroid dienone is 2. The third kappa shape index (κ3) is 2.42. The van der Waals surface area contributed by atoms with E-state index in [4.69, 9.17) is 5.11 Å². The summed E-state index contributed by atoms with van der Waals surface area (Å²) in [6.45, 7) is 1.83. The van der Waals surface area contributed by atoms with Gasteiger partial charge in [-0.15, -0.1) is 0 Å². The Labute approximate surface area is 81.7 Å². The van der Waals surface area contributed by atoms with Crippen molar-refractivity contribution in [1.82, 2.24) is 0 Å². The monoisotopic (exact) mass is 194 g/mol. The average Bonchev–Trinajstić information content (AvgIpc) is 2.16. The van der Waals surface area contributed by atoms with E-state index >= 15 is 0 Å². The van der Waals surface area contributed by atoms with E-state index < -0.39 is 5.97 Å². The highest BCUT2D eigenvalue weighted by Gasteiger charge is 2.06. The van der Waals surface area contributed by atoms with E-state index in [0.29, 0.717) is 12.0 Å².